The minimum absolute atomic E-state index is 0.0308. The number of nitrogens with one attached hydrogen (secondary N) is 2. The van der Waals surface area contributed by atoms with Crippen molar-refractivity contribution in [3.63, 3.8) is 0 Å². The van der Waals surface area contributed by atoms with Crippen LogP contribution in [0, 0.1) is 0 Å². The van der Waals surface area contributed by atoms with Crippen LogP contribution in [-0.2, 0) is 24.4 Å². The van der Waals surface area contributed by atoms with Crippen molar-refractivity contribution >= 4 is 16.8 Å². The van der Waals surface area contributed by atoms with Crippen LogP contribution >= 0.6 is 0 Å². The van der Waals surface area contributed by atoms with Crippen molar-refractivity contribution < 1.29 is 14.3 Å². The van der Waals surface area contributed by atoms with Crippen molar-refractivity contribution in [2.75, 3.05) is 7.11 Å². The van der Waals surface area contributed by atoms with Crippen molar-refractivity contribution in [2.24, 2.45) is 0 Å². The van der Waals surface area contributed by atoms with E-state index in [2.05, 4.69) is 15.3 Å². The first-order valence-electron chi connectivity index (χ1n) is 9.73. The molecule has 6 heteroatoms. The molecule has 4 rings (SSSR count). The number of rotatable bonds is 8. The van der Waals surface area contributed by atoms with Gasteiger partial charge in [-0.25, -0.2) is 0 Å². The lowest BCUT2D eigenvalue weighted by Gasteiger charge is -2.13. The number of para-hydroxylation sites is 1. The fourth-order valence-corrected chi connectivity index (χ4v) is 3.30. The van der Waals surface area contributed by atoms with Gasteiger partial charge in [0.1, 0.15) is 6.61 Å². The number of aromatic amines is 1. The molecule has 0 fully saturated rings. The van der Waals surface area contributed by atoms with Gasteiger partial charge < -0.3 is 19.8 Å². The largest absolute Gasteiger partial charge is 0.493 e. The molecule has 4 aromatic rings. The molecule has 6 nitrogen and oxygen atoms in total. The molecule has 0 aliphatic rings. The quantitative estimate of drug-likeness (QED) is 0.468. The molecule has 0 aliphatic heterocycles. The summed E-state index contributed by atoms with van der Waals surface area (Å²) in [6, 6.07) is 17.5. The van der Waals surface area contributed by atoms with E-state index in [4.69, 9.17) is 9.47 Å². The van der Waals surface area contributed by atoms with Gasteiger partial charge in [0.05, 0.1) is 13.5 Å². The molecule has 0 spiro atoms. The maximum absolute atomic E-state index is 12.4. The number of hydrogen-bond donors (Lipinski definition) is 2. The molecule has 0 atom stereocenters. The number of carbonyl (C=O) groups is 1. The van der Waals surface area contributed by atoms with Crippen molar-refractivity contribution in [1.29, 1.82) is 0 Å². The Morgan fingerprint density at radius 3 is 2.70 bits per heavy atom. The van der Waals surface area contributed by atoms with Crippen molar-refractivity contribution in [3.8, 4) is 11.5 Å². The van der Waals surface area contributed by atoms with E-state index < -0.39 is 0 Å². The van der Waals surface area contributed by atoms with Gasteiger partial charge >= 0.3 is 0 Å². The zero-order chi connectivity index (χ0) is 20.8. The minimum Gasteiger partial charge on any atom is -0.493 e. The van der Waals surface area contributed by atoms with Gasteiger partial charge in [-0.2, -0.15) is 0 Å². The molecule has 2 aromatic heterocycles. The summed E-state index contributed by atoms with van der Waals surface area (Å²) in [7, 11) is 1.61. The molecule has 0 aliphatic carbocycles. The van der Waals surface area contributed by atoms with E-state index in [1.54, 1.807) is 19.5 Å². The number of amides is 1. The lowest BCUT2D eigenvalue weighted by atomic mass is 10.1. The Morgan fingerprint density at radius 1 is 1.03 bits per heavy atom. The van der Waals surface area contributed by atoms with Gasteiger partial charge in [-0.1, -0.05) is 24.3 Å². The molecule has 30 heavy (non-hydrogen) atoms. The van der Waals surface area contributed by atoms with Crippen molar-refractivity contribution in [3.05, 3.63) is 89.9 Å². The van der Waals surface area contributed by atoms with Crippen LogP contribution in [0.2, 0.25) is 0 Å². The summed E-state index contributed by atoms with van der Waals surface area (Å²) in [6.07, 6.45) is 5.69. The first-order valence-corrected chi connectivity index (χ1v) is 9.73. The third-order valence-corrected chi connectivity index (χ3v) is 4.89. The van der Waals surface area contributed by atoms with Crippen molar-refractivity contribution in [1.82, 2.24) is 15.3 Å². The van der Waals surface area contributed by atoms with E-state index in [-0.39, 0.29) is 5.91 Å². The average molecular weight is 401 g/mol. The molecule has 0 radical (unpaired) electrons. The number of aromatic nitrogens is 2. The normalized spacial score (nSPS) is 10.7. The number of pyridine rings is 1. The molecule has 0 unspecified atom stereocenters. The Balaban J connectivity index is 1.35. The van der Waals surface area contributed by atoms with Crippen molar-refractivity contribution in [2.45, 2.75) is 19.6 Å². The first kappa shape index (κ1) is 19.5. The molecule has 0 saturated heterocycles. The van der Waals surface area contributed by atoms with Crippen LogP contribution in [0.5, 0.6) is 11.5 Å². The Bertz CT molecular complexity index is 1140. The lowest BCUT2D eigenvalue weighted by molar-refractivity contribution is -0.120. The van der Waals surface area contributed by atoms with Crippen LogP contribution in [0.1, 0.15) is 16.7 Å². The summed E-state index contributed by atoms with van der Waals surface area (Å²) in [5, 5.41) is 4.05. The van der Waals surface area contributed by atoms with Gasteiger partial charge in [-0.05, 0) is 47.0 Å². The van der Waals surface area contributed by atoms with E-state index in [9.17, 15) is 4.79 Å². The second-order valence-electron chi connectivity index (χ2n) is 6.94. The van der Waals surface area contributed by atoms with E-state index in [1.807, 2.05) is 60.8 Å². The number of carbonyl (C=O) groups excluding carboxylic acids is 1. The Hall–Kier alpha value is -3.80. The van der Waals surface area contributed by atoms with Gasteiger partial charge in [-0.3, -0.25) is 9.78 Å². The molecule has 2 N–H and O–H groups in total. The molecule has 1 amide bonds. The van der Waals surface area contributed by atoms with E-state index in [0.29, 0.717) is 31.1 Å². The number of methoxy groups -OCH3 is 1. The molecule has 0 bridgehead atoms. The van der Waals surface area contributed by atoms with E-state index in [0.717, 1.165) is 27.6 Å². The standard InChI is InChI=1S/C24H23N3O3/c1-29-23-12-18(6-7-22(23)30-16-17-8-10-25-11-9-17)14-27-24(28)13-19-15-26-21-5-3-2-4-20(19)21/h2-12,15,26H,13-14,16H2,1H3,(H,27,28). The Kier molecular flexibility index (Phi) is 5.94. The monoisotopic (exact) mass is 401 g/mol. The molecular weight excluding hydrogens is 378 g/mol. The highest BCUT2D eigenvalue weighted by Crippen LogP contribution is 2.29. The SMILES string of the molecule is COc1cc(CNC(=O)Cc2c[nH]c3ccccc23)ccc1OCc1ccncc1. The highest BCUT2D eigenvalue weighted by molar-refractivity contribution is 5.88. The van der Waals surface area contributed by atoms with Gasteiger partial charge in [0.2, 0.25) is 5.91 Å². The number of nitrogens with zero attached hydrogens (tertiary/aromatic N) is 1. The molecule has 152 valence electrons. The van der Waals surface area contributed by atoms with Crippen LogP contribution in [0.25, 0.3) is 10.9 Å². The van der Waals surface area contributed by atoms with Crippen LogP contribution in [0.15, 0.2) is 73.2 Å². The number of benzene rings is 2. The summed E-state index contributed by atoms with van der Waals surface area (Å²) in [4.78, 5) is 19.6. The van der Waals surface area contributed by atoms with E-state index in [1.165, 1.54) is 0 Å². The zero-order valence-corrected chi connectivity index (χ0v) is 16.7. The zero-order valence-electron chi connectivity index (χ0n) is 16.7. The summed E-state index contributed by atoms with van der Waals surface area (Å²) < 4.78 is 11.3. The predicted octanol–water partition coefficient (Wildman–Crippen LogP) is 4.01. The number of H-pyrrole nitrogens is 1. The number of hydrogen-bond acceptors (Lipinski definition) is 4. The highest BCUT2D eigenvalue weighted by Gasteiger charge is 2.10. The van der Waals surface area contributed by atoms with Gasteiger partial charge in [-0.15, -0.1) is 0 Å². The van der Waals surface area contributed by atoms with Crippen LogP contribution in [-0.4, -0.2) is 23.0 Å². The van der Waals surface area contributed by atoms with E-state index >= 15 is 0 Å². The Labute approximate surface area is 174 Å². The smallest absolute Gasteiger partial charge is 0.224 e. The van der Waals surface area contributed by atoms with Crippen LogP contribution < -0.4 is 14.8 Å². The first-order chi connectivity index (χ1) is 14.7. The number of fused-ring (bicyclic) bond motifs is 1. The fraction of sp³-hybridized carbons (Fsp3) is 0.167. The predicted molar refractivity (Wildman–Crippen MR) is 115 cm³/mol. The van der Waals surface area contributed by atoms with Gasteiger partial charge in [0.15, 0.2) is 11.5 Å². The minimum atomic E-state index is -0.0308. The van der Waals surface area contributed by atoms with Gasteiger partial charge in [0, 0.05) is 36.0 Å². The lowest BCUT2D eigenvalue weighted by Crippen LogP contribution is -2.24. The maximum atomic E-state index is 12.4. The fourth-order valence-electron chi connectivity index (χ4n) is 3.30. The highest BCUT2D eigenvalue weighted by atomic mass is 16.5. The topological polar surface area (TPSA) is 76.2 Å². The molecule has 0 saturated carbocycles. The number of ether oxygens (including phenoxy) is 2. The summed E-state index contributed by atoms with van der Waals surface area (Å²) in [5.41, 5.74) is 3.99. The maximum Gasteiger partial charge on any atom is 0.224 e. The molecular formula is C24H23N3O3. The Morgan fingerprint density at radius 2 is 1.87 bits per heavy atom. The summed E-state index contributed by atoms with van der Waals surface area (Å²) >= 11 is 0. The van der Waals surface area contributed by atoms with Crippen LogP contribution in [0.3, 0.4) is 0 Å². The third-order valence-electron chi connectivity index (χ3n) is 4.89. The average Bonchev–Trinajstić information content (AvgIpc) is 3.20. The summed E-state index contributed by atoms with van der Waals surface area (Å²) in [6.45, 7) is 0.849. The van der Waals surface area contributed by atoms with Gasteiger partial charge in [0.25, 0.3) is 0 Å². The second kappa shape index (κ2) is 9.13. The third kappa shape index (κ3) is 4.60. The van der Waals surface area contributed by atoms with Crippen LogP contribution in [0.4, 0.5) is 0 Å². The summed E-state index contributed by atoms with van der Waals surface area (Å²) in [5.74, 6) is 1.26. The molecule has 2 aromatic carbocycles. The molecule has 2 heterocycles. The second-order valence-corrected chi connectivity index (χ2v) is 6.94.